The molecule has 0 aliphatic carbocycles. The molecule has 0 unspecified atom stereocenters. The van der Waals surface area contributed by atoms with Crippen LogP contribution >= 0.6 is 11.6 Å². The normalized spacial score (nSPS) is 10.6. The Balaban J connectivity index is 1.73. The topological polar surface area (TPSA) is 86.2 Å². The summed E-state index contributed by atoms with van der Waals surface area (Å²) in [5, 5.41) is 3.43. The molecule has 0 fully saturated rings. The largest absolute Gasteiger partial charge is 0.483 e. The second kappa shape index (κ2) is 10.7. The van der Waals surface area contributed by atoms with E-state index in [4.69, 9.17) is 21.1 Å². The number of ether oxygens (including phenoxy) is 2. The maximum Gasteiger partial charge on any atom is 0.341 e. The van der Waals surface area contributed by atoms with Crippen molar-refractivity contribution in [3.8, 4) is 17.1 Å². The fraction of sp³-hybridized carbons (Fsp3) is 0.120. The third-order valence-electron chi connectivity index (χ3n) is 4.73. The number of nitrogens with one attached hydrogen (secondary N) is 1. The van der Waals surface area contributed by atoms with Gasteiger partial charge in [-0.1, -0.05) is 41.9 Å². The van der Waals surface area contributed by atoms with Gasteiger partial charge in [0.2, 0.25) is 0 Å². The van der Waals surface area contributed by atoms with Crippen molar-refractivity contribution in [2.24, 2.45) is 0 Å². The average molecular weight is 479 g/mol. The molecule has 2 heterocycles. The average Bonchev–Trinajstić information content (AvgIpc) is 2.86. The van der Waals surface area contributed by atoms with E-state index in [2.05, 4.69) is 20.3 Å². The van der Waals surface area contributed by atoms with Crippen molar-refractivity contribution in [2.45, 2.75) is 13.5 Å². The summed E-state index contributed by atoms with van der Waals surface area (Å²) in [7, 11) is 0. The van der Waals surface area contributed by atoms with Crippen LogP contribution in [0.15, 0.2) is 73.2 Å². The van der Waals surface area contributed by atoms with E-state index in [1.807, 2.05) is 30.3 Å². The van der Waals surface area contributed by atoms with Gasteiger partial charge in [-0.25, -0.2) is 19.2 Å². The van der Waals surface area contributed by atoms with Crippen molar-refractivity contribution in [3.05, 3.63) is 95.2 Å². The van der Waals surface area contributed by atoms with E-state index < -0.39 is 11.8 Å². The molecule has 4 aromatic rings. The van der Waals surface area contributed by atoms with Crippen LogP contribution in [0.3, 0.4) is 0 Å². The van der Waals surface area contributed by atoms with Crippen LogP contribution in [-0.2, 0) is 11.3 Å². The van der Waals surface area contributed by atoms with Gasteiger partial charge in [0.05, 0.1) is 24.1 Å². The molecule has 0 aliphatic heterocycles. The Hall–Kier alpha value is -4.04. The molecule has 0 bridgehead atoms. The van der Waals surface area contributed by atoms with Gasteiger partial charge in [-0.3, -0.25) is 4.98 Å². The molecule has 0 radical (unpaired) electrons. The second-order valence-corrected chi connectivity index (χ2v) is 7.51. The molecule has 9 heteroatoms. The van der Waals surface area contributed by atoms with Gasteiger partial charge in [-0.05, 0) is 36.8 Å². The second-order valence-electron chi connectivity index (χ2n) is 7.07. The highest BCUT2D eigenvalue weighted by molar-refractivity contribution is 6.30. The van der Waals surface area contributed by atoms with Gasteiger partial charge < -0.3 is 14.8 Å². The number of hydrogen-bond donors (Lipinski definition) is 1. The Morgan fingerprint density at radius 2 is 1.94 bits per heavy atom. The number of halogens is 2. The fourth-order valence-electron chi connectivity index (χ4n) is 3.10. The number of carbonyl (C=O) groups excluding carboxylic acids is 1. The van der Waals surface area contributed by atoms with Crippen LogP contribution in [0.25, 0.3) is 11.4 Å². The lowest BCUT2D eigenvalue weighted by molar-refractivity contribution is 0.0527. The Kier molecular flexibility index (Phi) is 7.29. The van der Waals surface area contributed by atoms with Crippen LogP contribution in [0.1, 0.15) is 22.8 Å². The molecule has 0 amide bonds. The number of aromatic nitrogens is 3. The van der Waals surface area contributed by atoms with Gasteiger partial charge in [-0.2, -0.15) is 0 Å². The number of benzene rings is 2. The summed E-state index contributed by atoms with van der Waals surface area (Å²) in [4.78, 5) is 25.2. The number of carbonyl (C=O) groups is 1. The molecule has 0 spiro atoms. The van der Waals surface area contributed by atoms with Crippen molar-refractivity contribution < 1.29 is 18.7 Å². The number of hydrogen-bond acceptors (Lipinski definition) is 7. The molecule has 2 aromatic heterocycles. The molecule has 34 heavy (non-hydrogen) atoms. The van der Waals surface area contributed by atoms with Gasteiger partial charge in [0.15, 0.2) is 17.4 Å². The van der Waals surface area contributed by atoms with Crippen LogP contribution < -0.4 is 10.1 Å². The third-order valence-corrected chi connectivity index (χ3v) is 4.97. The molecule has 2 aromatic carbocycles. The lowest BCUT2D eigenvalue weighted by Crippen LogP contribution is -2.10. The quantitative estimate of drug-likeness (QED) is 0.319. The zero-order chi connectivity index (χ0) is 23.9. The maximum atomic E-state index is 14.5. The number of rotatable bonds is 8. The van der Waals surface area contributed by atoms with Gasteiger partial charge in [0, 0.05) is 17.4 Å². The summed E-state index contributed by atoms with van der Waals surface area (Å²) < 4.78 is 25.5. The summed E-state index contributed by atoms with van der Waals surface area (Å²) >= 11 is 6.05. The predicted octanol–water partition coefficient (Wildman–Crippen LogP) is 5.83. The van der Waals surface area contributed by atoms with Crippen molar-refractivity contribution in [2.75, 3.05) is 11.9 Å². The van der Waals surface area contributed by atoms with Crippen molar-refractivity contribution in [1.29, 1.82) is 0 Å². The van der Waals surface area contributed by atoms with E-state index in [1.165, 1.54) is 36.8 Å². The molecule has 4 rings (SSSR count). The first-order chi connectivity index (χ1) is 16.5. The molecule has 1 N–H and O–H groups in total. The summed E-state index contributed by atoms with van der Waals surface area (Å²) in [6.07, 6.45) is 4.36. The zero-order valence-electron chi connectivity index (χ0n) is 18.2. The summed E-state index contributed by atoms with van der Waals surface area (Å²) in [5.74, 6) is -0.426. The Bertz CT molecular complexity index is 1300. The highest BCUT2D eigenvalue weighted by Gasteiger charge is 2.18. The molecule has 0 aliphatic rings. The first-order valence-corrected chi connectivity index (χ1v) is 10.8. The summed E-state index contributed by atoms with van der Waals surface area (Å²) in [5.41, 5.74) is 1.68. The standard InChI is InChI=1S/C25H20ClFN4O3/c1-2-33-25(32)19-13-28-11-10-21(19)30-24-22(34-15-16-6-4-3-5-7-16)14-29-23(31-24)18-12-17(26)8-9-20(18)27/h3-14H,2,15H2,1H3,(H,28,29,30,31). The van der Waals surface area contributed by atoms with Crippen LogP contribution in [-0.4, -0.2) is 27.5 Å². The number of pyridine rings is 1. The molecule has 0 saturated heterocycles. The monoisotopic (exact) mass is 478 g/mol. The number of nitrogens with zero attached hydrogens (tertiary/aromatic N) is 3. The lowest BCUT2D eigenvalue weighted by atomic mass is 10.2. The van der Waals surface area contributed by atoms with E-state index in [0.717, 1.165) is 5.56 Å². The van der Waals surface area contributed by atoms with E-state index in [1.54, 1.807) is 13.0 Å². The fourth-order valence-corrected chi connectivity index (χ4v) is 3.27. The minimum atomic E-state index is -0.542. The van der Waals surface area contributed by atoms with E-state index >= 15 is 0 Å². The van der Waals surface area contributed by atoms with Crippen LogP contribution in [0.2, 0.25) is 5.02 Å². The molecular weight excluding hydrogens is 459 g/mol. The predicted molar refractivity (Wildman–Crippen MR) is 127 cm³/mol. The molecular formula is C25H20ClFN4O3. The maximum absolute atomic E-state index is 14.5. The smallest absolute Gasteiger partial charge is 0.341 e. The molecule has 7 nitrogen and oxygen atoms in total. The van der Waals surface area contributed by atoms with Gasteiger partial charge >= 0.3 is 5.97 Å². The van der Waals surface area contributed by atoms with Gasteiger partial charge in [-0.15, -0.1) is 0 Å². The van der Waals surface area contributed by atoms with Crippen molar-refractivity contribution in [3.63, 3.8) is 0 Å². The summed E-state index contributed by atoms with van der Waals surface area (Å²) in [6.45, 7) is 2.18. The van der Waals surface area contributed by atoms with Crippen LogP contribution in [0, 0.1) is 5.82 Å². The minimum absolute atomic E-state index is 0.0984. The van der Waals surface area contributed by atoms with Crippen molar-refractivity contribution in [1.82, 2.24) is 15.0 Å². The molecule has 172 valence electrons. The Labute approximate surface area is 200 Å². The highest BCUT2D eigenvalue weighted by atomic mass is 35.5. The van der Waals surface area contributed by atoms with E-state index in [-0.39, 0.29) is 36.0 Å². The summed E-state index contributed by atoms with van der Waals surface area (Å²) in [6, 6.07) is 15.3. The third kappa shape index (κ3) is 5.47. The Morgan fingerprint density at radius 3 is 2.74 bits per heavy atom. The van der Waals surface area contributed by atoms with E-state index in [9.17, 15) is 9.18 Å². The highest BCUT2D eigenvalue weighted by Crippen LogP contribution is 2.31. The lowest BCUT2D eigenvalue weighted by Gasteiger charge is -2.15. The van der Waals surface area contributed by atoms with Crippen molar-refractivity contribution >= 4 is 29.1 Å². The van der Waals surface area contributed by atoms with E-state index in [0.29, 0.717) is 16.5 Å². The SMILES string of the molecule is CCOC(=O)c1cnccc1Nc1nc(-c2cc(Cl)ccc2F)ncc1OCc1ccccc1. The molecule has 0 atom stereocenters. The Morgan fingerprint density at radius 1 is 1.12 bits per heavy atom. The molecule has 0 saturated carbocycles. The number of esters is 1. The zero-order valence-corrected chi connectivity index (χ0v) is 18.9. The van der Waals surface area contributed by atoms with Crippen LogP contribution in [0.5, 0.6) is 5.75 Å². The first kappa shape index (κ1) is 23.1. The first-order valence-electron chi connectivity index (χ1n) is 10.4. The number of anilines is 2. The van der Waals surface area contributed by atoms with Gasteiger partial charge in [0.25, 0.3) is 0 Å². The minimum Gasteiger partial charge on any atom is -0.483 e. The van der Waals surface area contributed by atoms with Crippen LogP contribution in [0.4, 0.5) is 15.9 Å². The van der Waals surface area contributed by atoms with Gasteiger partial charge in [0.1, 0.15) is 18.0 Å².